The maximum atomic E-state index is 11.4. The molecule has 0 bridgehead atoms. The predicted octanol–water partition coefficient (Wildman–Crippen LogP) is 2.82. The zero-order valence-corrected chi connectivity index (χ0v) is 8.90. The van der Waals surface area contributed by atoms with Crippen LogP contribution in [0.3, 0.4) is 0 Å². The molecule has 1 aromatic carbocycles. The summed E-state index contributed by atoms with van der Waals surface area (Å²) in [5, 5.41) is 3.52. The van der Waals surface area contributed by atoms with Gasteiger partial charge in [0.15, 0.2) is 0 Å². The number of benzene rings is 1. The molecule has 0 radical (unpaired) electrons. The summed E-state index contributed by atoms with van der Waals surface area (Å²) < 4.78 is 0. The molecule has 0 aromatic heterocycles. The Balaban J connectivity index is 2.65. The van der Waals surface area contributed by atoms with E-state index in [0.717, 1.165) is 0 Å². The first-order chi connectivity index (χ1) is 6.59. The van der Waals surface area contributed by atoms with Crippen molar-refractivity contribution in [1.82, 2.24) is 5.32 Å². The molecule has 0 heterocycles. The van der Waals surface area contributed by atoms with Crippen LogP contribution in [0.25, 0.3) is 0 Å². The molecule has 0 unspecified atom stereocenters. The number of carbonyl (C=O) groups is 1. The molecule has 0 spiro atoms. The third-order valence-corrected chi connectivity index (χ3v) is 1.90. The second kappa shape index (κ2) is 5.03. The minimum atomic E-state index is -0.214. The molecule has 0 aliphatic rings. The van der Waals surface area contributed by atoms with E-state index in [1.54, 1.807) is 24.3 Å². The second-order valence-electron chi connectivity index (χ2n) is 2.71. The van der Waals surface area contributed by atoms with Crippen LogP contribution in [0.15, 0.2) is 35.9 Å². The summed E-state index contributed by atoms with van der Waals surface area (Å²) >= 11 is 11.2. The fourth-order valence-electron chi connectivity index (χ4n) is 0.908. The zero-order chi connectivity index (χ0) is 10.6. The number of nitrogens with one attached hydrogen (secondary N) is 1. The topological polar surface area (TPSA) is 29.1 Å². The molecule has 14 heavy (non-hydrogen) atoms. The standard InChI is InChI=1S/C10H9Cl2NO/c1-7(11)6-13-10(14)8-3-2-4-9(12)5-8/h2-5H,1,6H2,(H,13,14). The van der Waals surface area contributed by atoms with Crippen molar-refractivity contribution < 1.29 is 4.79 Å². The van der Waals surface area contributed by atoms with E-state index in [1.165, 1.54) is 0 Å². The van der Waals surface area contributed by atoms with E-state index in [1.807, 2.05) is 0 Å². The highest BCUT2D eigenvalue weighted by Gasteiger charge is 2.04. The molecular weight excluding hydrogens is 221 g/mol. The monoisotopic (exact) mass is 229 g/mol. The Hall–Kier alpha value is -0.990. The normalized spacial score (nSPS) is 9.57. The Morgan fingerprint density at radius 2 is 2.21 bits per heavy atom. The maximum absolute atomic E-state index is 11.4. The van der Waals surface area contributed by atoms with E-state index >= 15 is 0 Å². The summed E-state index contributed by atoms with van der Waals surface area (Å²) in [6.45, 7) is 3.72. The lowest BCUT2D eigenvalue weighted by molar-refractivity contribution is 0.0957. The highest BCUT2D eigenvalue weighted by atomic mass is 35.5. The van der Waals surface area contributed by atoms with Gasteiger partial charge in [-0.05, 0) is 18.2 Å². The van der Waals surface area contributed by atoms with Crippen molar-refractivity contribution in [3.8, 4) is 0 Å². The van der Waals surface area contributed by atoms with E-state index < -0.39 is 0 Å². The molecule has 0 saturated carbocycles. The molecular formula is C10H9Cl2NO. The SMILES string of the molecule is C=C(Cl)CNC(=O)c1cccc(Cl)c1. The van der Waals surface area contributed by atoms with Crippen molar-refractivity contribution in [2.45, 2.75) is 0 Å². The average Bonchev–Trinajstić information content (AvgIpc) is 2.14. The number of halogens is 2. The van der Waals surface area contributed by atoms with Crippen molar-refractivity contribution in [1.29, 1.82) is 0 Å². The van der Waals surface area contributed by atoms with Gasteiger partial charge < -0.3 is 5.32 Å². The minimum Gasteiger partial charge on any atom is -0.347 e. The molecule has 1 amide bonds. The van der Waals surface area contributed by atoms with Gasteiger partial charge in [-0.1, -0.05) is 35.8 Å². The number of hydrogen-bond donors (Lipinski definition) is 1. The average molecular weight is 230 g/mol. The summed E-state index contributed by atoms with van der Waals surface area (Å²) in [5.41, 5.74) is 0.510. The van der Waals surface area contributed by atoms with Gasteiger partial charge in [-0.15, -0.1) is 0 Å². The van der Waals surface area contributed by atoms with Gasteiger partial charge in [0.05, 0.1) is 6.54 Å². The molecule has 1 aromatic rings. The van der Waals surface area contributed by atoms with Crippen LogP contribution in [-0.2, 0) is 0 Å². The number of amides is 1. The molecule has 0 aliphatic heterocycles. The van der Waals surface area contributed by atoms with Crippen LogP contribution >= 0.6 is 23.2 Å². The largest absolute Gasteiger partial charge is 0.347 e. The summed E-state index contributed by atoms with van der Waals surface area (Å²) in [6, 6.07) is 6.69. The first-order valence-corrected chi connectivity index (χ1v) is 4.72. The Morgan fingerprint density at radius 1 is 1.50 bits per heavy atom. The van der Waals surface area contributed by atoms with E-state index in [-0.39, 0.29) is 12.5 Å². The van der Waals surface area contributed by atoms with E-state index in [2.05, 4.69) is 11.9 Å². The number of carbonyl (C=O) groups excluding carboxylic acids is 1. The van der Waals surface area contributed by atoms with Gasteiger partial charge in [-0.3, -0.25) is 4.79 Å². The van der Waals surface area contributed by atoms with Crippen molar-refractivity contribution in [2.75, 3.05) is 6.54 Å². The molecule has 0 atom stereocenters. The molecule has 0 aliphatic carbocycles. The van der Waals surface area contributed by atoms with Crippen molar-refractivity contribution >= 4 is 29.1 Å². The molecule has 0 saturated heterocycles. The van der Waals surface area contributed by atoms with Gasteiger partial charge in [0.1, 0.15) is 0 Å². The lowest BCUT2D eigenvalue weighted by atomic mass is 10.2. The van der Waals surface area contributed by atoms with Crippen LogP contribution in [0.2, 0.25) is 5.02 Å². The molecule has 4 heteroatoms. The third kappa shape index (κ3) is 3.40. The summed E-state index contributed by atoms with van der Waals surface area (Å²) in [6.07, 6.45) is 0. The molecule has 0 fully saturated rings. The highest BCUT2D eigenvalue weighted by molar-refractivity contribution is 6.31. The minimum absolute atomic E-state index is 0.214. The fourth-order valence-corrected chi connectivity index (χ4v) is 1.17. The zero-order valence-electron chi connectivity index (χ0n) is 7.39. The van der Waals surface area contributed by atoms with Crippen LogP contribution < -0.4 is 5.32 Å². The van der Waals surface area contributed by atoms with Gasteiger partial charge in [0.25, 0.3) is 5.91 Å². The van der Waals surface area contributed by atoms with Gasteiger partial charge >= 0.3 is 0 Å². The Kier molecular flexibility index (Phi) is 3.98. The third-order valence-electron chi connectivity index (χ3n) is 1.53. The Morgan fingerprint density at radius 3 is 2.79 bits per heavy atom. The number of hydrogen-bond acceptors (Lipinski definition) is 1. The maximum Gasteiger partial charge on any atom is 0.251 e. The summed E-state index contributed by atoms with van der Waals surface area (Å²) in [7, 11) is 0. The van der Waals surface area contributed by atoms with Crippen molar-refractivity contribution in [3.63, 3.8) is 0 Å². The van der Waals surface area contributed by atoms with Crippen LogP contribution in [0.5, 0.6) is 0 Å². The van der Waals surface area contributed by atoms with E-state index in [0.29, 0.717) is 15.6 Å². The van der Waals surface area contributed by atoms with E-state index in [9.17, 15) is 4.79 Å². The van der Waals surface area contributed by atoms with Crippen molar-refractivity contribution in [3.05, 3.63) is 46.5 Å². The van der Waals surface area contributed by atoms with Gasteiger partial charge in [-0.25, -0.2) is 0 Å². The lowest BCUT2D eigenvalue weighted by Crippen LogP contribution is -2.24. The summed E-state index contributed by atoms with van der Waals surface area (Å²) in [5.74, 6) is -0.214. The smallest absolute Gasteiger partial charge is 0.251 e. The Labute approximate surface area is 92.5 Å². The van der Waals surface area contributed by atoms with Gasteiger partial charge in [0.2, 0.25) is 0 Å². The molecule has 2 nitrogen and oxygen atoms in total. The number of rotatable bonds is 3. The molecule has 74 valence electrons. The van der Waals surface area contributed by atoms with Crippen LogP contribution in [0.1, 0.15) is 10.4 Å². The quantitative estimate of drug-likeness (QED) is 0.849. The molecule has 1 N–H and O–H groups in total. The first kappa shape index (κ1) is 11.1. The van der Waals surface area contributed by atoms with Crippen molar-refractivity contribution in [2.24, 2.45) is 0 Å². The Bertz CT molecular complexity index is 363. The van der Waals surface area contributed by atoms with Gasteiger partial charge in [-0.2, -0.15) is 0 Å². The van der Waals surface area contributed by atoms with Gasteiger partial charge in [0, 0.05) is 15.6 Å². The first-order valence-electron chi connectivity index (χ1n) is 3.96. The predicted molar refractivity (Wildman–Crippen MR) is 58.8 cm³/mol. The van der Waals surface area contributed by atoms with E-state index in [4.69, 9.17) is 23.2 Å². The second-order valence-corrected chi connectivity index (χ2v) is 3.68. The molecule has 1 rings (SSSR count). The van der Waals surface area contributed by atoms with Crippen LogP contribution in [-0.4, -0.2) is 12.5 Å². The lowest BCUT2D eigenvalue weighted by Gasteiger charge is -2.03. The van der Waals surface area contributed by atoms with Crippen LogP contribution in [0.4, 0.5) is 0 Å². The van der Waals surface area contributed by atoms with Crippen LogP contribution in [0, 0.1) is 0 Å². The fraction of sp³-hybridized carbons (Fsp3) is 0.100. The highest BCUT2D eigenvalue weighted by Crippen LogP contribution is 2.10. The summed E-state index contributed by atoms with van der Waals surface area (Å²) in [4.78, 5) is 11.4.